The second-order valence-corrected chi connectivity index (χ2v) is 5.19. The maximum absolute atomic E-state index is 6.32. The number of fused-ring (bicyclic) bond motifs is 1. The quantitative estimate of drug-likeness (QED) is 0.893. The third-order valence-electron chi connectivity index (χ3n) is 3.69. The van der Waals surface area contributed by atoms with Crippen LogP contribution in [0.5, 0.6) is 11.5 Å². The minimum absolute atomic E-state index is 0.410. The highest BCUT2D eigenvalue weighted by atomic mass is 35.5. The molecule has 3 nitrogen and oxygen atoms in total. The average Bonchev–Trinajstić information content (AvgIpc) is 2.92. The van der Waals surface area contributed by atoms with Gasteiger partial charge < -0.3 is 14.8 Å². The van der Waals surface area contributed by atoms with Crippen LogP contribution in [0.1, 0.15) is 36.9 Å². The lowest BCUT2D eigenvalue weighted by Gasteiger charge is -2.25. The molecule has 1 fully saturated rings. The Morgan fingerprint density at radius 2 is 2.11 bits per heavy atom. The van der Waals surface area contributed by atoms with E-state index in [1.54, 1.807) is 0 Å². The van der Waals surface area contributed by atoms with Crippen LogP contribution in [0.3, 0.4) is 0 Å². The van der Waals surface area contributed by atoms with Crippen molar-refractivity contribution in [2.75, 3.05) is 19.8 Å². The lowest BCUT2D eigenvalue weighted by atomic mass is 9.96. The Morgan fingerprint density at radius 3 is 2.78 bits per heavy atom. The fraction of sp³-hybridized carbons (Fsp3) is 0.571. The SMILES string of the molecule is CCc1c(C2CCCN2)cc(Cl)c2c1OCCO2. The van der Waals surface area contributed by atoms with E-state index in [-0.39, 0.29) is 0 Å². The smallest absolute Gasteiger partial charge is 0.180 e. The van der Waals surface area contributed by atoms with Crippen molar-refractivity contribution in [3.8, 4) is 11.5 Å². The second kappa shape index (κ2) is 4.98. The molecule has 2 aliphatic rings. The molecule has 98 valence electrons. The number of hydrogen-bond donors (Lipinski definition) is 1. The number of hydrogen-bond acceptors (Lipinski definition) is 3. The van der Waals surface area contributed by atoms with Crippen LogP contribution >= 0.6 is 11.6 Å². The standard InChI is InChI=1S/C14H18ClNO2/c1-2-9-10(12-4-3-5-16-12)8-11(15)14-13(9)17-6-7-18-14/h8,12,16H,2-7H2,1H3. The zero-order valence-electron chi connectivity index (χ0n) is 10.6. The summed E-state index contributed by atoms with van der Waals surface area (Å²) in [4.78, 5) is 0. The Kier molecular flexibility index (Phi) is 3.35. The predicted octanol–water partition coefficient (Wildman–Crippen LogP) is 3.10. The summed E-state index contributed by atoms with van der Waals surface area (Å²) in [6, 6.07) is 2.46. The molecule has 18 heavy (non-hydrogen) atoms. The van der Waals surface area contributed by atoms with E-state index in [0.29, 0.717) is 24.3 Å². The third-order valence-corrected chi connectivity index (χ3v) is 3.97. The summed E-state index contributed by atoms with van der Waals surface area (Å²) < 4.78 is 11.4. The largest absolute Gasteiger partial charge is 0.486 e. The lowest BCUT2D eigenvalue weighted by Crippen LogP contribution is -2.20. The van der Waals surface area contributed by atoms with Gasteiger partial charge in [0.25, 0.3) is 0 Å². The van der Waals surface area contributed by atoms with Gasteiger partial charge in [0.2, 0.25) is 0 Å². The van der Waals surface area contributed by atoms with Crippen molar-refractivity contribution in [1.82, 2.24) is 5.32 Å². The monoisotopic (exact) mass is 267 g/mol. The Hall–Kier alpha value is -0.930. The molecule has 0 aromatic heterocycles. The topological polar surface area (TPSA) is 30.5 Å². The van der Waals surface area contributed by atoms with Crippen LogP contribution in [-0.4, -0.2) is 19.8 Å². The molecule has 3 rings (SSSR count). The Morgan fingerprint density at radius 1 is 1.33 bits per heavy atom. The van der Waals surface area contributed by atoms with Gasteiger partial charge in [-0.15, -0.1) is 0 Å². The number of ether oxygens (including phenoxy) is 2. The molecule has 0 aliphatic carbocycles. The maximum Gasteiger partial charge on any atom is 0.180 e. The highest BCUT2D eigenvalue weighted by Crippen LogP contribution is 2.44. The Balaban J connectivity index is 2.10. The molecule has 1 aromatic carbocycles. The number of benzene rings is 1. The van der Waals surface area contributed by atoms with Gasteiger partial charge in [0, 0.05) is 11.6 Å². The van der Waals surface area contributed by atoms with Gasteiger partial charge >= 0.3 is 0 Å². The first kappa shape index (κ1) is 12.1. The second-order valence-electron chi connectivity index (χ2n) is 4.78. The van der Waals surface area contributed by atoms with Crippen molar-refractivity contribution in [1.29, 1.82) is 0 Å². The number of nitrogens with one attached hydrogen (secondary N) is 1. The van der Waals surface area contributed by atoms with Crippen LogP contribution in [-0.2, 0) is 6.42 Å². The number of rotatable bonds is 2. The highest BCUT2D eigenvalue weighted by molar-refractivity contribution is 6.32. The summed E-state index contributed by atoms with van der Waals surface area (Å²) in [5.41, 5.74) is 2.53. The van der Waals surface area contributed by atoms with Crippen LogP contribution in [0.4, 0.5) is 0 Å². The normalized spacial score (nSPS) is 22.2. The van der Waals surface area contributed by atoms with Crippen LogP contribution in [0, 0.1) is 0 Å². The van der Waals surface area contributed by atoms with Crippen LogP contribution in [0.25, 0.3) is 0 Å². The van der Waals surface area contributed by atoms with Crippen molar-refractivity contribution in [3.63, 3.8) is 0 Å². The van der Waals surface area contributed by atoms with Gasteiger partial charge in [0.15, 0.2) is 11.5 Å². The molecular weight excluding hydrogens is 250 g/mol. The molecule has 0 radical (unpaired) electrons. The lowest BCUT2D eigenvalue weighted by molar-refractivity contribution is 0.170. The zero-order chi connectivity index (χ0) is 12.5. The van der Waals surface area contributed by atoms with Crippen molar-refractivity contribution < 1.29 is 9.47 Å². The molecule has 0 amide bonds. The molecule has 0 saturated carbocycles. The van der Waals surface area contributed by atoms with Gasteiger partial charge in [-0.25, -0.2) is 0 Å². The average molecular weight is 268 g/mol. The predicted molar refractivity (Wildman–Crippen MR) is 71.8 cm³/mol. The van der Waals surface area contributed by atoms with Gasteiger partial charge in [-0.05, 0) is 37.4 Å². The summed E-state index contributed by atoms with van der Waals surface area (Å²) in [6.45, 7) is 4.43. The fourth-order valence-corrected chi connectivity index (χ4v) is 3.12. The first-order valence-electron chi connectivity index (χ1n) is 6.65. The molecular formula is C14H18ClNO2. The molecule has 0 bridgehead atoms. The van der Waals surface area contributed by atoms with E-state index in [2.05, 4.69) is 18.3 Å². The van der Waals surface area contributed by atoms with Crippen molar-refractivity contribution in [2.45, 2.75) is 32.2 Å². The third kappa shape index (κ3) is 1.95. The minimum Gasteiger partial charge on any atom is -0.486 e. The first-order chi connectivity index (χ1) is 8.81. The van der Waals surface area contributed by atoms with Gasteiger partial charge in [-0.1, -0.05) is 18.5 Å². The first-order valence-corrected chi connectivity index (χ1v) is 7.03. The van der Waals surface area contributed by atoms with Gasteiger partial charge in [0.1, 0.15) is 13.2 Å². The summed E-state index contributed by atoms with van der Waals surface area (Å²) in [5.74, 6) is 1.58. The van der Waals surface area contributed by atoms with Crippen LogP contribution < -0.4 is 14.8 Å². The van der Waals surface area contributed by atoms with Crippen LogP contribution in [0.2, 0.25) is 5.02 Å². The Labute approximate surface area is 112 Å². The summed E-state index contributed by atoms with van der Waals surface area (Å²) in [6.07, 6.45) is 3.33. The molecule has 0 spiro atoms. The summed E-state index contributed by atoms with van der Waals surface area (Å²) in [5, 5.41) is 4.20. The molecule has 2 aliphatic heterocycles. The van der Waals surface area contributed by atoms with E-state index in [9.17, 15) is 0 Å². The van der Waals surface area contributed by atoms with Gasteiger partial charge in [-0.3, -0.25) is 0 Å². The van der Waals surface area contributed by atoms with Crippen molar-refractivity contribution in [2.24, 2.45) is 0 Å². The Bertz CT molecular complexity index is 456. The van der Waals surface area contributed by atoms with E-state index >= 15 is 0 Å². The minimum atomic E-state index is 0.410. The zero-order valence-corrected chi connectivity index (χ0v) is 11.3. The number of halogens is 1. The molecule has 1 saturated heterocycles. The molecule has 1 unspecified atom stereocenters. The summed E-state index contributed by atoms with van der Waals surface area (Å²) >= 11 is 6.32. The molecule has 2 heterocycles. The molecule has 1 atom stereocenters. The maximum atomic E-state index is 6.32. The highest BCUT2D eigenvalue weighted by Gasteiger charge is 2.26. The van der Waals surface area contributed by atoms with E-state index in [1.807, 2.05) is 0 Å². The molecule has 1 aromatic rings. The summed E-state index contributed by atoms with van der Waals surface area (Å²) in [7, 11) is 0. The molecule has 1 N–H and O–H groups in total. The molecule has 4 heteroatoms. The van der Waals surface area contributed by atoms with E-state index in [1.165, 1.54) is 24.0 Å². The van der Waals surface area contributed by atoms with E-state index < -0.39 is 0 Å². The van der Waals surface area contributed by atoms with Gasteiger partial charge in [-0.2, -0.15) is 0 Å². The fourth-order valence-electron chi connectivity index (χ4n) is 2.87. The van der Waals surface area contributed by atoms with Crippen LogP contribution in [0.15, 0.2) is 6.07 Å². The van der Waals surface area contributed by atoms with Crippen molar-refractivity contribution in [3.05, 3.63) is 22.2 Å². The van der Waals surface area contributed by atoms with E-state index in [0.717, 1.165) is 24.5 Å². The van der Waals surface area contributed by atoms with Crippen molar-refractivity contribution >= 4 is 11.6 Å². The van der Waals surface area contributed by atoms with E-state index in [4.69, 9.17) is 21.1 Å². The van der Waals surface area contributed by atoms with Gasteiger partial charge in [0.05, 0.1) is 5.02 Å².